The molecule has 0 spiro atoms. The van der Waals surface area contributed by atoms with Gasteiger partial charge in [-0.1, -0.05) is 29.8 Å². The zero-order valence-electron chi connectivity index (χ0n) is 12.7. The summed E-state index contributed by atoms with van der Waals surface area (Å²) in [6.07, 6.45) is 0.179. The molecule has 1 aromatic heterocycles. The van der Waals surface area contributed by atoms with Gasteiger partial charge in [-0.15, -0.1) is 10.2 Å². The van der Waals surface area contributed by atoms with Gasteiger partial charge in [0.15, 0.2) is 5.82 Å². The van der Waals surface area contributed by atoms with Crippen LogP contribution < -0.4 is 4.74 Å². The molecule has 7 nitrogen and oxygen atoms in total. The second kappa shape index (κ2) is 7.22. The van der Waals surface area contributed by atoms with Gasteiger partial charge in [0.2, 0.25) is 5.91 Å². The van der Waals surface area contributed by atoms with Crippen molar-refractivity contribution in [3.8, 4) is 5.75 Å². The molecule has 0 fully saturated rings. The van der Waals surface area contributed by atoms with Gasteiger partial charge < -0.3 is 9.64 Å². The molecule has 1 heterocycles. The minimum absolute atomic E-state index is 0.0131. The van der Waals surface area contributed by atoms with Crippen LogP contribution in [0.4, 0.5) is 0 Å². The highest BCUT2D eigenvalue weighted by Gasteiger charge is 2.19. The highest BCUT2D eigenvalue weighted by Crippen LogP contribution is 2.27. The van der Waals surface area contributed by atoms with Gasteiger partial charge in [0, 0.05) is 30.1 Å². The van der Waals surface area contributed by atoms with Crippen molar-refractivity contribution in [3.63, 3.8) is 0 Å². The number of ether oxygens (including phenoxy) is 1. The van der Waals surface area contributed by atoms with Gasteiger partial charge in [0.1, 0.15) is 5.75 Å². The van der Waals surface area contributed by atoms with Crippen LogP contribution in [0.2, 0.25) is 5.02 Å². The smallest absolute Gasteiger partial charge is 0.226 e. The maximum atomic E-state index is 12.4. The lowest BCUT2D eigenvalue weighted by Gasteiger charge is -2.20. The normalized spacial score (nSPS) is 12.0. The average molecular weight is 324 g/mol. The summed E-state index contributed by atoms with van der Waals surface area (Å²) >= 11 is 6.16. The Morgan fingerprint density at radius 1 is 1.50 bits per heavy atom. The van der Waals surface area contributed by atoms with E-state index in [1.165, 1.54) is 0 Å². The van der Waals surface area contributed by atoms with E-state index in [4.69, 9.17) is 16.3 Å². The molecule has 0 saturated heterocycles. The Balaban J connectivity index is 2.03. The van der Waals surface area contributed by atoms with E-state index in [0.717, 1.165) is 0 Å². The number of hydrogen-bond acceptors (Lipinski definition) is 5. The van der Waals surface area contributed by atoms with Crippen molar-refractivity contribution in [3.05, 3.63) is 34.6 Å². The van der Waals surface area contributed by atoms with Crippen molar-refractivity contribution in [1.29, 1.82) is 0 Å². The van der Waals surface area contributed by atoms with Crippen molar-refractivity contribution >= 4 is 17.5 Å². The second-order valence-electron chi connectivity index (χ2n) is 5.04. The summed E-state index contributed by atoms with van der Waals surface area (Å²) in [7, 11) is 3.30. The van der Waals surface area contributed by atoms with Crippen LogP contribution in [0.5, 0.6) is 5.75 Å². The van der Waals surface area contributed by atoms with Gasteiger partial charge in [0.25, 0.3) is 0 Å². The lowest BCUT2D eigenvalue weighted by atomic mass is 10.1. The topological polar surface area (TPSA) is 84.0 Å². The van der Waals surface area contributed by atoms with Crippen LogP contribution in [-0.4, -0.2) is 52.1 Å². The molecule has 22 heavy (non-hydrogen) atoms. The largest absolute Gasteiger partial charge is 0.496 e. The minimum atomic E-state index is -0.0539. The number of methoxy groups -OCH3 is 1. The molecular formula is C14H18ClN5O2. The average Bonchev–Trinajstić information content (AvgIpc) is 3.03. The number of likely N-dealkylation sites (N-methyl/N-ethyl adjacent to an activating group) is 1. The van der Waals surface area contributed by atoms with Crippen molar-refractivity contribution < 1.29 is 9.53 Å². The number of rotatable bonds is 6. The molecule has 0 aliphatic carbocycles. The second-order valence-corrected chi connectivity index (χ2v) is 5.45. The maximum absolute atomic E-state index is 12.4. The fourth-order valence-electron chi connectivity index (χ4n) is 2.16. The number of aromatic amines is 1. The summed E-state index contributed by atoms with van der Waals surface area (Å²) in [4.78, 5) is 14.0. The summed E-state index contributed by atoms with van der Waals surface area (Å²) in [5.74, 6) is 1.12. The van der Waals surface area contributed by atoms with Gasteiger partial charge in [-0.3, -0.25) is 4.79 Å². The van der Waals surface area contributed by atoms with Crippen LogP contribution in [0.15, 0.2) is 18.2 Å². The Hall–Kier alpha value is -2.15. The van der Waals surface area contributed by atoms with Gasteiger partial charge in [0.05, 0.1) is 13.5 Å². The Morgan fingerprint density at radius 3 is 2.91 bits per heavy atom. The first-order valence-electron chi connectivity index (χ1n) is 6.81. The quantitative estimate of drug-likeness (QED) is 0.874. The molecule has 0 aliphatic heterocycles. The standard InChI is InChI=1S/C14H18ClN5O2/c1-9(14-16-18-19-17-14)8-20(2)13(21)7-10-11(15)5-4-6-12(10)22-3/h4-6,9H,7-8H2,1-3H3,(H,16,17,18,19)/t9-/m0/s1. The number of carbonyl (C=O) groups excluding carboxylic acids is 1. The van der Waals surface area contributed by atoms with Gasteiger partial charge in [-0.05, 0) is 12.1 Å². The predicted octanol–water partition coefficient (Wildman–Crippen LogP) is 1.67. The lowest BCUT2D eigenvalue weighted by molar-refractivity contribution is -0.129. The van der Waals surface area contributed by atoms with E-state index >= 15 is 0 Å². The molecule has 118 valence electrons. The molecular weight excluding hydrogens is 306 g/mol. The third-order valence-corrected chi connectivity index (χ3v) is 3.75. The van der Waals surface area contributed by atoms with E-state index < -0.39 is 0 Å². The molecule has 0 saturated carbocycles. The third kappa shape index (κ3) is 3.73. The van der Waals surface area contributed by atoms with Crippen LogP contribution in [0.3, 0.4) is 0 Å². The zero-order valence-corrected chi connectivity index (χ0v) is 13.5. The zero-order chi connectivity index (χ0) is 16.1. The molecule has 2 rings (SSSR count). The Bertz CT molecular complexity index is 632. The molecule has 0 aliphatic rings. The van der Waals surface area contributed by atoms with E-state index in [1.54, 1.807) is 37.3 Å². The summed E-state index contributed by atoms with van der Waals surface area (Å²) < 4.78 is 5.26. The first-order chi connectivity index (χ1) is 10.5. The van der Waals surface area contributed by atoms with Crippen LogP contribution in [0.1, 0.15) is 24.2 Å². The fourth-order valence-corrected chi connectivity index (χ4v) is 2.39. The molecule has 0 bridgehead atoms. The highest BCUT2D eigenvalue weighted by molar-refractivity contribution is 6.31. The third-order valence-electron chi connectivity index (χ3n) is 3.40. The fraction of sp³-hybridized carbons (Fsp3) is 0.429. The van der Waals surface area contributed by atoms with Crippen LogP contribution in [0, 0.1) is 0 Å². The number of hydrogen-bond donors (Lipinski definition) is 1. The van der Waals surface area contributed by atoms with Crippen molar-refractivity contribution in [1.82, 2.24) is 25.5 Å². The highest BCUT2D eigenvalue weighted by atomic mass is 35.5. The number of tetrazole rings is 1. The number of nitrogens with one attached hydrogen (secondary N) is 1. The lowest BCUT2D eigenvalue weighted by Crippen LogP contribution is -2.32. The Kier molecular flexibility index (Phi) is 5.32. The first-order valence-corrected chi connectivity index (χ1v) is 7.19. The first kappa shape index (κ1) is 16.2. The van der Waals surface area contributed by atoms with Crippen molar-refractivity contribution in [2.45, 2.75) is 19.3 Å². The Morgan fingerprint density at radius 2 is 2.27 bits per heavy atom. The molecule has 1 amide bonds. The molecule has 1 aromatic carbocycles. The van der Waals surface area contributed by atoms with Crippen LogP contribution in [0.25, 0.3) is 0 Å². The van der Waals surface area contributed by atoms with E-state index in [9.17, 15) is 4.79 Å². The van der Waals surface area contributed by atoms with Gasteiger partial charge in [-0.2, -0.15) is 5.21 Å². The number of H-pyrrole nitrogens is 1. The van der Waals surface area contributed by atoms with Crippen molar-refractivity contribution in [2.75, 3.05) is 20.7 Å². The monoisotopic (exact) mass is 323 g/mol. The molecule has 8 heteroatoms. The summed E-state index contributed by atoms with van der Waals surface area (Å²) in [5, 5.41) is 14.3. The summed E-state index contributed by atoms with van der Waals surface area (Å²) in [6.45, 7) is 2.43. The number of carbonyl (C=O) groups is 1. The number of aromatic nitrogens is 4. The number of nitrogens with zero attached hydrogens (tertiary/aromatic N) is 4. The number of amides is 1. The summed E-state index contributed by atoms with van der Waals surface area (Å²) in [6, 6.07) is 5.32. The van der Waals surface area contributed by atoms with Gasteiger partial charge in [-0.25, -0.2) is 0 Å². The van der Waals surface area contributed by atoms with E-state index in [0.29, 0.717) is 28.7 Å². The molecule has 2 aromatic rings. The maximum Gasteiger partial charge on any atom is 0.226 e. The SMILES string of the molecule is COc1cccc(Cl)c1CC(=O)N(C)C[C@H](C)c1nn[nH]n1. The number of benzene rings is 1. The van der Waals surface area contributed by atoms with E-state index in [-0.39, 0.29) is 18.2 Å². The summed E-state index contributed by atoms with van der Waals surface area (Å²) in [5.41, 5.74) is 0.690. The molecule has 1 N–H and O–H groups in total. The van der Waals surface area contributed by atoms with Crippen LogP contribution in [-0.2, 0) is 11.2 Å². The van der Waals surface area contributed by atoms with E-state index in [2.05, 4.69) is 20.6 Å². The molecule has 0 unspecified atom stereocenters. The predicted molar refractivity (Wildman–Crippen MR) is 81.9 cm³/mol. The minimum Gasteiger partial charge on any atom is -0.496 e. The van der Waals surface area contributed by atoms with Gasteiger partial charge >= 0.3 is 0 Å². The number of halogens is 1. The van der Waals surface area contributed by atoms with Crippen LogP contribution >= 0.6 is 11.6 Å². The van der Waals surface area contributed by atoms with E-state index in [1.807, 2.05) is 6.92 Å². The Labute approximate surface area is 133 Å². The molecule has 0 radical (unpaired) electrons. The molecule has 1 atom stereocenters. The van der Waals surface area contributed by atoms with Crippen molar-refractivity contribution in [2.24, 2.45) is 0 Å².